The molecule has 0 bridgehead atoms. The number of ether oxygens (including phenoxy) is 1. The molecule has 25 heavy (non-hydrogen) atoms. The fraction of sp³-hybridized carbons (Fsp3) is 0.105. The van der Waals surface area contributed by atoms with Gasteiger partial charge in [0.05, 0.1) is 12.8 Å². The molecule has 6 heteroatoms. The lowest BCUT2D eigenvalue weighted by Crippen LogP contribution is -2.20. The summed E-state index contributed by atoms with van der Waals surface area (Å²) in [5, 5.41) is 6.77. The highest BCUT2D eigenvalue weighted by molar-refractivity contribution is 7.14. The van der Waals surface area contributed by atoms with Gasteiger partial charge in [0.1, 0.15) is 5.71 Å². The van der Waals surface area contributed by atoms with Gasteiger partial charge in [-0.25, -0.2) is 9.78 Å². The fourth-order valence-corrected chi connectivity index (χ4v) is 2.91. The van der Waals surface area contributed by atoms with Crippen molar-refractivity contribution in [3.8, 4) is 11.3 Å². The number of methoxy groups -OCH3 is 1. The van der Waals surface area contributed by atoms with Gasteiger partial charge in [-0.3, -0.25) is 5.43 Å². The molecule has 0 unspecified atom stereocenters. The number of carbonyl (C=O) groups is 1. The molecule has 0 aliphatic carbocycles. The molecule has 0 atom stereocenters. The lowest BCUT2D eigenvalue weighted by atomic mass is 10.1. The van der Waals surface area contributed by atoms with Crippen LogP contribution in [0.15, 0.2) is 71.1 Å². The highest BCUT2D eigenvalue weighted by Crippen LogP contribution is 2.24. The Bertz CT molecular complexity index is 861. The quantitative estimate of drug-likeness (QED) is 0.414. The van der Waals surface area contributed by atoms with E-state index in [1.54, 1.807) is 0 Å². The Labute approximate surface area is 150 Å². The van der Waals surface area contributed by atoms with Crippen LogP contribution in [0.2, 0.25) is 0 Å². The Morgan fingerprint density at radius 1 is 1.12 bits per heavy atom. The summed E-state index contributed by atoms with van der Waals surface area (Å²) < 4.78 is 4.82. The number of nitrogens with one attached hydrogen (secondary N) is 1. The summed E-state index contributed by atoms with van der Waals surface area (Å²) in [4.78, 5) is 16.4. The summed E-state index contributed by atoms with van der Waals surface area (Å²) in [6.45, 7) is 0. The molecule has 3 aromatic rings. The molecule has 0 saturated heterocycles. The third-order valence-electron chi connectivity index (χ3n) is 3.50. The number of thiazole rings is 1. The molecule has 0 aliphatic heterocycles. The Kier molecular flexibility index (Phi) is 5.53. The number of hydrazone groups is 1. The van der Waals surface area contributed by atoms with Crippen LogP contribution in [0, 0.1) is 0 Å². The van der Waals surface area contributed by atoms with E-state index in [9.17, 15) is 4.79 Å². The molecule has 0 radical (unpaired) electrons. The first-order valence-electron chi connectivity index (χ1n) is 7.72. The molecule has 3 rings (SSSR count). The standard InChI is InChI=1S/C19H17N3O2S/c1-24-18(23)16(12-14-8-4-2-5-9-14)21-22-19-20-17(13-25-19)15-10-6-3-7-11-15/h2-11,13H,12H2,1H3,(H,20,22). The van der Waals surface area contributed by atoms with E-state index in [2.05, 4.69) is 15.5 Å². The van der Waals surface area contributed by atoms with Crippen molar-refractivity contribution in [2.45, 2.75) is 6.42 Å². The van der Waals surface area contributed by atoms with Gasteiger partial charge >= 0.3 is 5.97 Å². The number of anilines is 1. The summed E-state index contributed by atoms with van der Waals surface area (Å²) in [6, 6.07) is 19.5. The molecule has 0 fully saturated rings. The van der Waals surface area contributed by atoms with Crippen molar-refractivity contribution in [1.82, 2.24) is 4.98 Å². The molecule has 5 nitrogen and oxygen atoms in total. The molecule has 126 valence electrons. The second-order valence-corrected chi connectivity index (χ2v) is 6.09. The zero-order chi connectivity index (χ0) is 17.5. The minimum atomic E-state index is -0.462. The van der Waals surface area contributed by atoms with Crippen molar-refractivity contribution in [3.05, 3.63) is 71.6 Å². The zero-order valence-electron chi connectivity index (χ0n) is 13.7. The lowest BCUT2D eigenvalue weighted by molar-refractivity contribution is -0.132. The monoisotopic (exact) mass is 351 g/mol. The Morgan fingerprint density at radius 3 is 2.48 bits per heavy atom. The van der Waals surface area contributed by atoms with E-state index >= 15 is 0 Å². The number of hydrogen-bond acceptors (Lipinski definition) is 6. The van der Waals surface area contributed by atoms with E-state index in [0.29, 0.717) is 17.3 Å². The van der Waals surface area contributed by atoms with Crippen molar-refractivity contribution >= 4 is 28.1 Å². The molecule has 2 aromatic carbocycles. The Morgan fingerprint density at radius 2 is 1.80 bits per heavy atom. The fourth-order valence-electron chi connectivity index (χ4n) is 2.25. The topological polar surface area (TPSA) is 63.6 Å². The first kappa shape index (κ1) is 16.9. The van der Waals surface area contributed by atoms with E-state index in [0.717, 1.165) is 16.8 Å². The number of benzene rings is 2. The van der Waals surface area contributed by atoms with Crippen molar-refractivity contribution in [3.63, 3.8) is 0 Å². The number of aromatic nitrogens is 1. The van der Waals surface area contributed by atoms with Gasteiger partial charge in [-0.05, 0) is 5.56 Å². The van der Waals surface area contributed by atoms with E-state index in [1.165, 1.54) is 18.4 Å². The maximum absolute atomic E-state index is 12.0. The van der Waals surface area contributed by atoms with E-state index in [-0.39, 0.29) is 0 Å². The van der Waals surface area contributed by atoms with Crippen LogP contribution in [-0.2, 0) is 16.0 Å². The van der Waals surface area contributed by atoms with E-state index in [1.807, 2.05) is 66.0 Å². The number of carbonyl (C=O) groups excluding carboxylic acids is 1. The van der Waals surface area contributed by atoms with Gasteiger partial charge in [-0.1, -0.05) is 60.7 Å². The van der Waals surface area contributed by atoms with Crippen LogP contribution in [0.5, 0.6) is 0 Å². The van der Waals surface area contributed by atoms with Gasteiger partial charge in [0.15, 0.2) is 0 Å². The molecule has 1 aromatic heterocycles. The molecule has 1 N–H and O–H groups in total. The molecular weight excluding hydrogens is 334 g/mol. The molecule has 0 saturated carbocycles. The smallest absolute Gasteiger partial charge is 0.354 e. The molecule has 0 spiro atoms. The SMILES string of the molecule is COC(=O)C(Cc1ccccc1)=NNc1nc(-c2ccccc2)cs1. The van der Waals surface area contributed by atoms with Crippen LogP contribution in [0.25, 0.3) is 11.3 Å². The highest BCUT2D eigenvalue weighted by Gasteiger charge is 2.13. The molecule has 0 aliphatic rings. The summed E-state index contributed by atoms with van der Waals surface area (Å²) in [5.74, 6) is -0.462. The van der Waals surface area contributed by atoms with Gasteiger partial charge in [-0.2, -0.15) is 5.10 Å². The normalized spacial score (nSPS) is 11.2. The Balaban J connectivity index is 1.75. The number of rotatable bonds is 6. The minimum Gasteiger partial charge on any atom is -0.464 e. The number of esters is 1. The van der Waals surface area contributed by atoms with Crippen molar-refractivity contribution in [2.75, 3.05) is 12.5 Å². The average molecular weight is 351 g/mol. The largest absolute Gasteiger partial charge is 0.464 e. The Hall–Kier alpha value is -2.99. The third kappa shape index (κ3) is 4.51. The van der Waals surface area contributed by atoms with Gasteiger partial charge in [0.25, 0.3) is 0 Å². The highest BCUT2D eigenvalue weighted by atomic mass is 32.1. The predicted molar refractivity (Wildman–Crippen MR) is 101 cm³/mol. The second-order valence-electron chi connectivity index (χ2n) is 5.23. The predicted octanol–water partition coefficient (Wildman–Crippen LogP) is 3.99. The summed E-state index contributed by atoms with van der Waals surface area (Å²) >= 11 is 1.43. The van der Waals surface area contributed by atoms with Crippen LogP contribution in [0.3, 0.4) is 0 Å². The van der Waals surface area contributed by atoms with Crippen LogP contribution < -0.4 is 5.43 Å². The lowest BCUT2D eigenvalue weighted by Gasteiger charge is -2.05. The van der Waals surface area contributed by atoms with Crippen LogP contribution in [-0.4, -0.2) is 23.8 Å². The summed E-state index contributed by atoms with van der Waals surface area (Å²) in [5.41, 5.74) is 6.05. The van der Waals surface area contributed by atoms with Crippen molar-refractivity contribution in [2.24, 2.45) is 5.10 Å². The third-order valence-corrected chi connectivity index (χ3v) is 4.24. The first-order chi connectivity index (χ1) is 12.3. The van der Waals surface area contributed by atoms with Crippen molar-refractivity contribution < 1.29 is 9.53 Å². The van der Waals surface area contributed by atoms with Gasteiger partial charge in [-0.15, -0.1) is 11.3 Å². The average Bonchev–Trinajstić information content (AvgIpc) is 3.15. The van der Waals surface area contributed by atoms with Gasteiger partial charge in [0, 0.05) is 17.4 Å². The molecule has 0 amide bonds. The maximum atomic E-state index is 12.0. The summed E-state index contributed by atoms with van der Waals surface area (Å²) in [7, 11) is 1.35. The first-order valence-corrected chi connectivity index (χ1v) is 8.60. The van der Waals surface area contributed by atoms with Crippen LogP contribution in [0.1, 0.15) is 5.56 Å². The molecular formula is C19H17N3O2S. The van der Waals surface area contributed by atoms with Crippen LogP contribution in [0.4, 0.5) is 5.13 Å². The van der Waals surface area contributed by atoms with Crippen LogP contribution >= 0.6 is 11.3 Å². The van der Waals surface area contributed by atoms with Gasteiger partial charge in [0.2, 0.25) is 5.13 Å². The molecule has 1 heterocycles. The van der Waals surface area contributed by atoms with Gasteiger partial charge < -0.3 is 4.74 Å². The minimum absolute atomic E-state index is 0.296. The second kappa shape index (κ2) is 8.21. The number of hydrogen-bond donors (Lipinski definition) is 1. The summed E-state index contributed by atoms with van der Waals surface area (Å²) in [6.07, 6.45) is 0.386. The maximum Gasteiger partial charge on any atom is 0.354 e. The van der Waals surface area contributed by atoms with E-state index in [4.69, 9.17) is 4.74 Å². The van der Waals surface area contributed by atoms with E-state index < -0.39 is 5.97 Å². The number of nitrogens with zero attached hydrogens (tertiary/aromatic N) is 2. The van der Waals surface area contributed by atoms with Crippen molar-refractivity contribution in [1.29, 1.82) is 0 Å². The zero-order valence-corrected chi connectivity index (χ0v) is 14.5.